The molecule has 0 bridgehead atoms. The van der Waals surface area contributed by atoms with E-state index < -0.39 is 0 Å². The number of hydrogen-bond donors (Lipinski definition) is 0. The van der Waals surface area contributed by atoms with E-state index in [9.17, 15) is 4.79 Å². The third-order valence-corrected chi connectivity index (χ3v) is 3.26. The first-order valence-corrected chi connectivity index (χ1v) is 6.53. The Bertz CT molecular complexity index is 470. The van der Waals surface area contributed by atoms with Crippen LogP contribution in [0.5, 0.6) is 0 Å². The molecule has 0 aliphatic rings. The van der Waals surface area contributed by atoms with Gasteiger partial charge in [-0.3, -0.25) is 0 Å². The normalized spacial score (nSPS) is 12.3. The highest BCUT2D eigenvalue weighted by atomic mass is 16.1. The number of aldehydes is 1. The summed E-state index contributed by atoms with van der Waals surface area (Å²) < 4.78 is 2.06. The second-order valence-electron chi connectivity index (χ2n) is 4.57. The Morgan fingerprint density at radius 1 is 1.17 bits per heavy atom. The zero-order valence-corrected chi connectivity index (χ0v) is 10.8. The number of unbranched alkanes of at least 4 members (excludes halogenated alkanes) is 1. The molecular weight excluding hydrogens is 222 g/mol. The second kappa shape index (κ2) is 6.20. The van der Waals surface area contributed by atoms with E-state index >= 15 is 0 Å². The first-order valence-electron chi connectivity index (χ1n) is 6.53. The van der Waals surface area contributed by atoms with Crippen molar-refractivity contribution in [2.24, 2.45) is 0 Å². The highest BCUT2D eigenvalue weighted by Crippen LogP contribution is 2.21. The maximum Gasteiger partial charge on any atom is 0.127 e. The molecule has 0 spiro atoms. The third-order valence-electron chi connectivity index (χ3n) is 3.26. The molecule has 0 fully saturated rings. The van der Waals surface area contributed by atoms with Crippen LogP contribution < -0.4 is 0 Å². The second-order valence-corrected chi connectivity index (χ2v) is 4.57. The Labute approximate surface area is 108 Å². The number of aromatic nitrogens is 1. The van der Waals surface area contributed by atoms with Gasteiger partial charge in [-0.2, -0.15) is 0 Å². The zero-order valence-electron chi connectivity index (χ0n) is 10.8. The fraction of sp³-hybridized carbons (Fsp3) is 0.312. The minimum atomic E-state index is 0.0451. The molecule has 1 unspecified atom stereocenters. The number of rotatable bonds is 6. The molecular formula is C16H19NO. The van der Waals surface area contributed by atoms with Crippen molar-refractivity contribution in [3.63, 3.8) is 0 Å². The van der Waals surface area contributed by atoms with Crippen LogP contribution in [0.1, 0.15) is 37.7 Å². The van der Waals surface area contributed by atoms with Crippen LogP contribution in [0, 0.1) is 0 Å². The largest absolute Gasteiger partial charge is 0.324 e. The van der Waals surface area contributed by atoms with Gasteiger partial charge < -0.3 is 9.36 Å². The van der Waals surface area contributed by atoms with E-state index in [-0.39, 0.29) is 5.92 Å². The molecule has 2 rings (SSSR count). The molecule has 0 amide bonds. The number of benzene rings is 1. The highest BCUT2D eigenvalue weighted by Gasteiger charge is 2.09. The number of carbonyl (C=O) groups excluding carboxylic acids is 1. The Balaban J connectivity index is 2.13. The van der Waals surface area contributed by atoms with E-state index in [1.807, 2.05) is 24.5 Å². The lowest BCUT2D eigenvalue weighted by molar-refractivity contribution is -0.109. The molecule has 0 N–H and O–H groups in total. The fourth-order valence-corrected chi connectivity index (χ4v) is 2.14. The molecule has 2 aromatic rings. The molecule has 1 atom stereocenters. The van der Waals surface area contributed by atoms with Gasteiger partial charge in [-0.25, -0.2) is 0 Å². The summed E-state index contributed by atoms with van der Waals surface area (Å²) in [6.07, 6.45) is 8.28. The Morgan fingerprint density at radius 3 is 2.39 bits per heavy atom. The summed E-state index contributed by atoms with van der Waals surface area (Å²) in [4.78, 5) is 11.1. The zero-order chi connectivity index (χ0) is 12.8. The fourth-order valence-electron chi connectivity index (χ4n) is 2.14. The van der Waals surface area contributed by atoms with Gasteiger partial charge >= 0.3 is 0 Å². The third kappa shape index (κ3) is 2.89. The van der Waals surface area contributed by atoms with Crippen molar-refractivity contribution in [1.82, 2.24) is 4.57 Å². The predicted molar refractivity (Wildman–Crippen MR) is 74.1 cm³/mol. The molecule has 0 aliphatic carbocycles. The van der Waals surface area contributed by atoms with E-state index in [0.29, 0.717) is 0 Å². The summed E-state index contributed by atoms with van der Waals surface area (Å²) in [6, 6.07) is 12.3. The molecule has 1 heterocycles. The molecule has 2 nitrogen and oxygen atoms in total. The van der Waals surface area contributed by atoms with Crippen molar-refractivity contribution in [2.45, 2.75) is 32.1 Å². The number of carbonyl (C=O) groups is 1. The minimum Gasteiger partial charge on any atom is -0.324 e. The Kier molecular flexibility index (Phi) is 4.35. The van der Waals surface area contributed by atoms with E-state index in [1.54, 1.807) is 0 Å². The predicted octanol–water partition coefficient (Wildman–Crippen LogP) is 3.95. The van der Waals surface area contributed by atoms with Crippen LogP contribution in [-0.2, 0) is 4.79 Å². The van der Waals surface area contributed by atoms with Gasteiger partial charge in [-0.15, -0.1) is 0 Å². The van der Waals surface area contributed by atoms with Gasteiger partial charge in [-0.1, -0.05) is 31.9 Å². The lowest BCUT2D eigenvalue weighted by Crippen LogP contribution is -2.00. The Morgan fingerprint density at radius 2 is 1.83 bits per heavy atom. The molecule has 1 aromatic heterocycles. The molecule has 94 valence electrons. The van der Waals surface area contributed by atoms with E-state index in [4.69, 9.17) is 0 Å². The number of nitrogens with zero attached hydrogens (tertiary/aromatic N) is 1. The van der Waals surface area contributed by atoms with Gasteiger partial charge in [0.05, 0.1) is 0 Å². The van der Waals surface area contributed by atoms with Crippen molar-refractivity contribution < 1.29 is 4.79 Å². The van der Waals surface area contributed by atoms with Crippen LogP contribution in [0.3, 0.4) is 0 Å². The first kappa shape index (κ1) is 12.6. The summed E-state index contributed by atoms with van der Waals surface area (Å²) in [6.45, 7) is 2.15. The van der Waals surface area contributed by atoms with Crippen molar-refractivity contribution in [1.29, 1.82) is 0 Å². The molecule has 0 saturated heterocycles. The molecule has 1 aromatic carbocycles. The molecule has 18 heavy (non-hydrogen) atoms. The topological polar surface area (TPSA) is 22.0 Å². The van der Waals surface area contributed by atoms with Crippen LogP contribution >= 0.6 is 0 Å². The molecule has 0 saturated carbocycles. The lowest BCUT2D eigenvalue weighted by Gasteiger charge is -2.11. The van der Waals surface area contributed by atoms with Crippen LogP contribution in [0.25, 0.3) is 5.69 Å². The van der Waals surface area contributed by atoms with Gasteiger partial charge in [0.1, 0.15) is 6.29 Å². The van der Waals surface area contributed by atoms with Crippen LogP contribution in [0.2, 0.25) is 0 Å². The summed E-state index contributed by atoms with van der Waals surface area (Å²) in [7, 11) is 0. The number of hydrogen-bond acceptors (Lipinski definition) is 1. The van der Waals surface area contributed by atoms with Crippen molar-refractivity contribution in [3.05, 3.63) is 54.4 Å². The first-order chi connectivity index (χ1) is 8.85. The maximum atomic E-state index is 11.1. The SMILES string of the molecule is CCCCC(C=O)c1ccc(-n2cccc2)cc1. The van der Waals surface area contributed by atoms with Crippen LogP contribution in [0.15, 0.2) is 48.8 Å². The van der Waals surface area contributed by atoms with Gasteiger partial charge in [0.15, 0.2) is 0 Å². The Hall–Kier alpha value is -1.83. The summed E-state index contributed by atoms with van der Waals surface area (Å²) in [5, 5.41) is 0. The van der Waals surface area contributed by atoms with Gasteiger partial charge in [0.25, 0.3) is 0 Å². The lowest BCUT2D eigenvalue weighted by atomic mass is 9.95. The van der Waals surface area contributed by atoms with Crippen LogP contribution in [0.4, 0.5) is 0 Å². The van der Waals surface area contributed by atoms with Crippen LogP contribution in [-0.4, -0.2) is 10.9 Å². The van der Waals surface area contributed by atoms with E-state index in [1.165, 1.54) is 0 Å². The smallest absolute Gasteiger partial charge is 0.127 e. The minimum absolute atomic E-state index is 0.0451. The van der Waals surface area contributed by atoms with E-state index in [0.717, 1.165) is 36.8 Å². The van der Waals surface area contributed by atoms with Crippen molar-refractivity contribution in [3.8, 4) is 5.69 Å². The molecule has 0 aliphatic heterocycles. The summed E-state index contributed by atoms with van der Waals surface area (Å²) in [5.74, 6) is 0.0451. The van der Waals surface area contributed by atoms with E-state index in [2.05, 4.69) is 35.8 Å². The summed E-state index contributed by atoms with van der Waals surface area (Å²) in [5.41, 5.74) is 2.25. The molecule has 0 radical (unpaired) electrons. The maximum absolute atomic E-state index is 11.1. The van der Waals surface area contributed by atoms with Gasteiger partial charge in [0, 0.05) is 24.0 Å². The standard InChI is InChI=1S/C16H19NO/c1-2-3-6-15(13-18)14-7-9-16(10-8-14)17-11-4-5-12-17/h4-5,7-13,15H,2-3,6H2,1H3. The van der Waals surface area contributed by atoms with Gasteiger partial charge in [0.2, 0.25) is 0 Å². The quantitative estimate of drug-likeness (QED) is 0.702. The van der Waals surface area contributed by atoms with Crippen molar-refractivity contribution in [2.75, 3.05) is 0 Å². The average Bonchev–Trinajstić information content (AvgIpc) is 2.94. The molecule has 2 heteroatoms. The summed E-state index contributed by atoms with van der Waals surface area (Å²) >= 11 is 0. The van der Waals surface area contributed by atoms with Crippen molar-refractivity contribution >= 4 is 6.29 Å². The highest BCUT2D eigenvalue weighted by molar-refractivity contribution is 5.62. The average molecular weight is 241 g/mol. The monoisotopic (exact) mass is 241 g/mol. The van der Waals surface area contributed by atoms with Gasteiger partial charge in [-0.05, 0) is 36.2 Å².